The van der Waals surface area contributed by atoms with Crippen LogP contribution in [-0.2, 0) is 0 Å². The van der Waals surface area contributed by atoms with E-state index in [2.05, 4.69) is 73.8 Å². The highest BCUT2D eigenvalue weighted by Gasteiger charge is 2.07. The van der Waals surface area contributed by atoms with Gasteiger partial charge in [0, 0.05) is 12.2 Å². The normalized spacial score (nSPS) is 12.0. The zero-order chi connectivity index (χ0) is 21.2. The van der Waals surface area contributed by atoms with Crippen molar-refractivity contribution in [1.82, 2.24) is 0 Å². The van der Waals surface area contributed by atoms with Crippen LogP contribution in [0, 0.1) is 0 Å². The molecule has 3 aromatic carbocycles. The van der Waals surface area contributed by atoms with E-state index in [1.165, 1.54) is 42.0 Å². The second kappa shape index (κ2) is 11.5. The summed E-state index contributed by atoms with van der Waals surface area (Å²) < 4.78 is 11.2. The molecule has 0 fully saturated rings. The Morgan fingerprint density at radius 2 is 1.50 bits per heavy atom. The summed E-state index contributed by atoms with van der Waals surface area (Å²) in [6.07, 6.45) is 6.31. The van der Waals surface area contributed by atoms with E-state index in [0.29, 0.717) is 5.92 Å². The maximum Gasteiger partial charge on any atom is 0.119 e. The minimum atomic E-state index is 0.413. The molecule has 0 bridgehead atoms. The summed E-state index contributed by atoms with van der Waals surface area (Å²) in [7, 11) is 1.70. The highest BCUT2D eigenvalue weighted by Crippen LogP contribution is 2.26. The fraction of sp³-hybridized carbons (Fsp3) is 0.407. The fourth-order valence-electron chi connectivity index (χ4n) is 3.63. The minimum absolute atomic E-state index is 0.413. The van der Waals surface area contributed by atoms with Gasteiger partial charge in [-0.05, 0) is 65.1 Å². The number of hydrogen-bond donors (Lipinski definition) is 1. The van der Waals surface area contributed by atoms with Crippen molar-refractivity contribution in [3.63, 3.8) is 0 Å². The van der Waals surface area contributed by atoms with Gasteiger partial charge in [-0.15, -0.1) is 0 Å². The van der Waals surface area contributed by atoms with Crippen LogP contribution in [0.3, 0.4) is 0 Å². The third-order valence-electron chi connectivity index (χ3n) is 5.62. The van der Waals surface area contributed by atoms with Gasteiger partial charge in [0.05, 0.1) is 13.7 Å². The number of methoxy groups -OCH3 is 1. The van der Waals surface area contributed by atoms with Crippen molar-refractivity contribution in [2.24, 2.45) is 0 Å². The Morgan fingerprint density at radius 1 is 0.800 bits per heavy atom. The standard InChI is InChI=1S/C27H35NO2/c1-4-5-6-7-8-17-30-26-15-12-25(13-16-26)28-20-21(2)22-9-10-24-19-27(29-3)14-11-23(24)18-22/h9-16,18-19,21,28H,4-8,17,20H2,1-3H3. The van der Waals surface area contributed by atoms with Gasteiger partial charge in [0.25, 0.3) is 0 Å². The van der Waals surface area contributed by atoms with Crippen LogP contribution >= 0.6 is 0 Å². The van der Waals surface area contributed by atoms with E-state index in [-0.39, 0.29) is 0 Å². The largest absolute Gasteiger partial charge is 0.497 e. The van der Waals surface area contributed by atoms with Crippen LogP contribution in [0.4, 0.5) is 5.69 Å². The molecule has 0 aromatic heterocycles. The molecule has 160 valence electrons. The molecule has 30 heavy (non-hydrogen) atoms. The summed E-state index contributed by atoms with van der Waals surface area (Å²) in [6, 6.07) is 21.2. The number of nitrogens with one attached hydrogen (secondary N) is 1. The van der Waals surface area contributed by atoms with Crippen LogP contribution in [0.1, 0.15) is 57.4 Å². The zero-order valence-electron chi connectivity index (χ0n) is 18.6. The maximum atomic E-state index is 5.86. The lowest BCUT2D eigenvalue weighted by atomic mass is 9.97. The molecule has 0 aliphatic rings. The van der Waals surface area contributed by atoms with Crippen molar-refractivity contribution >= 4 is 16.5 Å². The van der Waals surface area contributed by atoms with E-state index in [9.17, 15) is 0 Å². The first-order valence-corrected chi connectivity index (χ1v) is 11.2. The summed E-state index contributed by atoms with van der Waals surface area (Å²) in [5.41, 5.74) is 2.46. The number of rotatable bonds is 12. The van der Waals surface area contributed by atoms with Crippen LogP contribution in [0.15, 0.2) is 60.7 Å². The van der Waals surface area contributed by atoms with Gasteiger partial charge < -0.3 is 14.8 Å². The highest BCUT2D eigenvalue weighted by atomic mass is 16.5. The van der Waals surface area contributed by atoms with Crippen molar-refractivity contribution in [3.05, 3.63) is 66.2 Å². The van der Waals surface area contributed by atoms with E-state index in [4.69, 9.17) is 9.47 Å². The number of anilines is 1. The van der Waals surface area contributed by atoms with Gasteiger partial charge in [0.2, 0.25) is 0 Å². The van der Waals surface area contributed by atoms with Crippen LogP contribution in [0.2, 0.25) is 0 Å². The van der Waals surface area contributed by atoms with E-state index in [0.717, 1.165) is 36.8 Å². The summed E-state index contributed by atoms with van der Waals surface area (Å²) in [4.78, 5) is 0. The molecule has 0 aliphatic heterocycles. The molecule has 0 saturated heterocycles. The molecular weight excluding hydrogens is 370 g/mol. The Balaban J connectivity index is 1.47. The molecule has 0 amide bonds. The molecular formula is C27H35NO2. The summed E-state index contributed by atoms with van der Waals surface area (Å²) in [5.74, 6) is 2.26. The van der Waals surface area contributed by atoms with Gasteiger partial charge in [-0.1, -0.05) is 63.8 Å². The molecule has 1 N–H and O–H groups in total. The van der Waals surface area contributed by atoms with Gasteiger partial charge in [0.1, 0.15) is 11.5 Å². The number of hydrogen-bond acceptors (Lipinski definition) is 3. The molecule has 0 aliphatic carbocycles. The fourth-order valence-corrected chi connectivity index (χ4v) is 3.63. The third-order valence-corrected chi connectivity index (χ3v) is 5.62. The number of fused-ring (bicyclic) bond motifs is 1. The van der Waals surface area contributed by atoms with Crippen LogP contribution < -0.4 is 14.8 Å². The predicted octanol–water partition coefficient (Wildman–Crippen LogP) is 7.41. The highest BCUT2D eigenvalue weighted by molar-refractivity contribution is 5.84. The number of unbranched alkanes of at least 4 members (excludes halogenated alkanes) is 4. The molecule has 0 radical (unpaired) electrons. The summed E-state index contributed by atoms with van der Waals surface area (Å²) in [6.45, 7) is 6.20. The van der Waals surface area contributed by atoms with E-state index in [1.807, 2.05) is 6.07 Å². The lowest BCUT2D eigenvalue weighted by Gasteiger charge is -2.15. The molecule has 1 unspecified atom stereocenters. The topological polar surface area (TPSA) is 30.5 Å². The first-order valence-electron chi connectivity index (χ1n) is 11.2. The molecule has 0 spiro atoms. The molecule has 3 heteroatoms. The lowest BCUT2D eigenvalue weighted by molar-refractivity contribution is 0.304. The Morgan fingerprint density at radius 3 is 2.27 bits per heavy atom. The molecule has 3 nitrogen and oxygen atoms in total. The van der Waals surface area contributed by atoms with E-state index in [1.54, 1.807) is 7.11 Å². The molecule has 1 atom stereocenters. The van der Waals surface area contributed by atoms with Gasteiger partial charge in [-0.2, -0.15) is 0 Å². The molecule has 0 saturated carbocycles. The first-order chi connectivity index (χ1) is 14.7. The predicted molar refractivity (Wildman–Crippen MR) is 128 cm³/mol. The Labute approximate surface area is 181 Å². The second-order valence-electron chi connectivity index (χ2n) is 8.04. The Bertz CT molecular complexity index is 904. The molecule has 3 rings (SSSR count). The van der Waals surface area contributed by atoms with Crippen molar-refractivity contribution in [2.45, 2.75) is 51.9 Å². The van der Waals surface area contributed by atoms with Crippen LogP contribution in [-0.4, -0.2) is 20.3 Å². The summed E-state index contributed by atoms with van der Waals surface area (Å²) in [5, 5.41) is 6.01. The molecule has 0 heterocycles. The van der Waals surface area contributed by atoms with Gasteiger partial charge in [0.15, 0.2) is 0 Å². The van der Waals surface area contributed by atoms with Crippen molar-refractivity contribution in [1.29, 1.82) is 0 Å². The quantitative estimate of drug-likeness (QED) is 0.318. The zero-order valence-corrected chi connectivity index (χ0v) is 18.6. The van der Waals surface area contributed by atoms with Crippen LogP contribution in [0.25, 0.3) is 10.8 Å². The minimum Gasteiger partial charge on any atom is -0.497 e. The number of benzene rings is 3. The van der Waals surface area contributed by atoms with Crippen molar-refractivity contribution in [3.8, 4) is 11.5 Å². The third kappa shape index (κ3) is 6.41. The van der Waals surface area contributed by atoms with Crippen molar-refractivity contribution in [2.75, 3.05) is 25.6 Å². The van der Waals surface area contributed by atoms with Crippen molar-refractivity contribution < 1.29 is 9.47 Å². The van der Waals surface area contributed by atoms with Gasteiger partial charge in [-0.3, -0.25) is 0 Å². The number of ether oxygens (including phenoxy) is 2. The second-order valence-corrected chi connectivity index (χ2v) is 8.04. The smallest absolute Gasteiger partial charge is 0.119 e. The Hall–Kier alpha value is -2.68. The Kier molecular flexibility index (Phi) is 8.43. The SMILES string of the molecule is CCCCCCCOc1ccc(NCC(C)c2ccc3cc(OC)ccc3c2)cc1. The van der Waals surface area contributed by atoms with E-state index < -0.39 is 0 Å². The average molecular weight is 406 g/mol. The van der Waals surface area contributed by atoms with Crippen LogP contribution in [0.5, 0.6) is 11.5 Å². The van der Waals surface area contributed by atoms with E-state index >= 15 is 0 Å². The monoisotopic (exact) mass is 405 g/mol. The van der Waals surface area contributed by atoms with Gasteiger partial charge >= 0.3 is 0 Å². The van der Waals surface area contributed by atoms with Gasteiger partial charge in [-0.25, -0.2) is 0 Å². The first kappa shape index (κ1) is 22.0. The summed E-state index contributed by atoms with van der Waals surface area (Å²) >= 11 is 0. The maximum absolute atomic E-state index is 5.86. The molecule has 3 aromatic rings. The average Bonchev–Trinajstić information content (AvgIpc) is 2.79. The lowest BCUT2D eigenvalue weighted by Crippen LogP contribution is -2.09.